The molecule has 4 aromatic rings. The van der Waals surface area contributed by atoms with Crippen LogP contribution in [0.2, 0.25) is 10.0 Å². The van der Waals surface area contributed by atoms with Crippen molar-refractivity contribution in [2.45, 2.75) is 38.7 Å². The first-order chi connectivity index (χ1) is 20.9. The van der Waals surface area contributed by atoms with Crippen molar-refractivity contribution >= 4 is 70.6 Å². The second-order valence-electron chi connectivity index (χ2n) is 12.2. The zero-order valence-electron chi connectivity index (χ0n) is 25.0. The summed E-state index contributed by atoms with van der Waals surface area (Å²) in [7, 11) is 0. The lowest BCUT2D eigenvalue weighted by atomic mass is 9.71. The fourth-order valence-electron chi connectivity index (χ4n) is 6.84. The number of likely N-dealkylation sites (tertiary alicyclic amines) is 1. The van der Waals surface area contributed by atoms with Crippen molar-refractivity contribution in [3.8, 4) is 17.0 Å². The number of H-pyrrole nitrogens is 1. The molecular formula is C32H37Cl4N7O2. The molecule has 0 aliphatic carbocycles. The minimum absolute atomic E-state index is 0. The molecule has 1 aromatic carbocycles. The van der Waals surface area contributed by atoms with E-state index < -0.39 is 0 Å². The Morgan fingerprint density at radius 3 is 2.40 bits per heavy atom. The van der Waals surface area contributed by atoms with Crippen LogP contribution in [-0.4, -0.2) is 70.2 Å². The Labute approximate surface area is 285 Å². The van der Waals surface area contributed by atoms with Gasteiger partial charge < -0.3 is 19.9 Å². The van der Waals surface area contributed by atoms with Gasteiger partial charge in [-0.25, -0.2) is 4.98 Å². The average Bonchev–Trinajstić information content (AvgIpc) is 3.43. The van der Waals surface area contributed by atoms with Crippen LogP contribution in [0.4, 0.5) is 5.82 Å². The molecule has 45 heavy (non-hydrogen) atoms. The van der Waals surface area contributed by atoms with Gasteiger partial charge in [-0.15, -0.1) is 24.8 Å². The van der Waals surface area contributed by atoms with Crippen LogP contribution >= 0.6 is 48.0 Å². The maximum atomic E-state index is 13.0. The lowest BCUT2D eigenvalue weighted by molar-refractivity contribution is -0.139. The topological polar surface area (TPSA) is 99.3 Å². The summed E-state index contributed by atoms with van der Waals surface area (Å²) in [5, 5.41) is 12.9. The SMILES string of the molecule is C[C@@H](Oc1ccc2[nH]nc(-c3ccc(N4CC5(CCN(C(=O)C6CCNCC6)CC5)C4)nc3)c2c1)c1c(Cl)cncc1Cl.Cl.Cl. The average molecular weight is 694 g/mol. The number of amides is 1. The van der Waals surface area contributed by atoms with E-state index in [1.54, 1.807) is 12.4 Å². The molecule has 13 heteroatoms. The summed E-state index contributed by atoms with van der Waals surface area (Å²) >= 11 is 12.7. The first-order valence-electron chi connectivity index (χ1n) is 15.0. The van der Waals surface area contributed by atoms with Gasteiger partial charge in [0.25, 0.3) is 0 Å². The number of aromatic nitrogens is 4. The molecule has 3 fully saturated rings. The van der Waals surface area contributed by atoms with Gasteiger partial charge in [0, 0.05) is 72.6 Å². The Hall–Kier alpha value is -2.82. The number of nitrogens with zero attached hydrogens (tertiary/aromatic N) is 5. The standard InChI is InChI=1S/C32H35Cl2N7O2.2ClH/c1-20(29-25(33)16-36-17-26(29)34)43-23-3-4-27-24(14-23)30(39-38-27)22-2-5-28(37-15-22)41-18-32(19-41)8-12-40(13-9-32)31(42)21-6-10-35-11-7-21;;/h2-5,14-17,20-21,35H,6-13,18-19H2,1H3,(H,38,39);2*1H/t20-;;/m1../s1. The predicted molar refractivity (Wildman–Crippen MR) is 183 cm³/mol. The van der Waals surface area contributed by atoms with Gasteiger partial charge in [0.05, 0.1) is 15.6 Å². The monoisotopic (exact) mass is 691 g/mol. The van der Waals surface area contributed by atoms with E-state index in [-0.39, 0.29) is 36.8 Å². The number of ether oxygens (including phenoxy) is 1. The number of hydrogen-bond donors (Lipinski definition) is 2. The van der Waals surface area contributed by atoms with E-state index in [0.29, 0.717) is 32.7 Å². The van der Waals surface area contributed by atoms with Gasteiger partial charge in [-0.3, -0.25) is 14.9 Å². The molecule has 3 aliphatic rings. The van der Waals surface area contributed by atoms with E-state index in [1.807, 2.05) is 31.3 Å². The Balaban J connectivity index is 0.00000200. The number of hydrogen-bond acceptors (Lipinski definition) is 7. The molecule has 9 nitrogen and oxygen atoms in total. The molecule has 3 aromatic heterocycles. The number of benzene rings is 1. The highest BCUT2D eigenvalue weighted by atomic mass is 35.5. The Morgan fingerprint density at radius 1 is 1.02 bits per heavy atom. The van der Waals surface area contributed by atoms with Crippen LogP contribution in [0.1, 0.15) is 44.3 Å². The Kier molecular flexibility index (Phi) is 10.4. The second kappa shape index (κ2) is 13.9. The highest BCUT2D eigenvalue weighted by Gasteiger charge is 2.46. The number of pyridine rings is 2. The second-order valence-corrected chi connectivity index (χ2v) is 13.0. The summed E-state index contributed by atoms with van der Waals surface area (Å²) in [5.41, 5.74) is 3.66. The summed E-state index contributed by atoms with van der Waals surface area (Å²) in [6, 6.07) is 9.99. The third-order valence-corrected chi connectivity index (χ3v) is 9.97. The van der Waals surface area contributed by atoms with Gasteiger partial charge in [-0.2, -0.15) is 5.10 Å². The van der Waals surface area contributed by atoms with Crippen molar-refractivity contribution < 1.29 is 9.53 Å². The van der Waals surface area contributed by atoms with Gasteiger partial charge >= 0.3 is 0 Å². The molecule has 6 heterocycles. The number of halogens is 4. The summed E-state index contributed by atoms with van der Waals surface area (Å²) in [5.74, 6) is 2.24. The zero-order chi connectivity index (χ0) is 29.6. The number of piperidine rings is 2. The van der Waals surface area contributed by atoms with Crippen molar-refractivity contribution in [2.24, 2.45) is 11.3 Å². The Bertz CT molecular complexity index is 1610. The number of carbonyl (C=O) groups is 1. The molecule has 0 unspecified atom stereocenters. The van der Waals surface area contributed by atoms with Crippen molar-refractivity contribution in [1.29, 1.82) is 0 Å². The maximum Gasteiger partial charge on any atom is 0.225 e. The quantitative estimate of drug-likeness (QED) is 0.231. The highest BCUT2D eigenvalue weighted by Crippen LogP contribution is 2.43. The molecule has 0 bridgehead atoms. The van der Waals surface area contributed by atoms with Crippen molar-refractivity contribution in [1.82, 2.24) is 30.4 Å². The third-order valence-electron chi connectivity index (χ3n) is 9.37. The van der Waals surface area contributed by atoms with Crippen molar-refractivity contribution in [3.05, 3.63) is 64.5 Å². The van der Waals surface area contributed by atoms with E-state index in [2.05, 4.69) is 42.4 Å². The maximum absolute atomic E-state index is 13.0. The summed E-state index contributed by atoms with van der Waals surface area (Å²) < 4.78 is 6.22. The molecule has 3 saturated heterocycles. The summed E-state index contributed by atoms with van der Waals surface area (Å²) in [6.07, 6.45) is 8.74. The fraction of sp³-hybridized carbons (Fsp3) is 0.438. The molecule has 1 amide bonds. The molecule has 3 aliphatic heterocycles. The molecular weight excluding hydrogens is 656 g/mol. The molecule has 2 N–H and O–H groups in total. The van der Waals surface area contributed by atoms with E-state index in [1.165, 1.54) is 0 Å². The van der Waals surface area contributed by atoms with E-state index >= 15 is 0 Å². The van der Waals surface area contributed by atoms with E-state index in [9.17, 15) is 4.79 Å². The molecule has 240 valence electrons. The Morgan fingerprint density at radius 2 is 1.73 bits per heavy atom. The molecule has 7 rings (SSSR count). The number of carbonyl (C=O) groups excluding carboxylic acids is 1. The summed E-state index contributed by atoms with van der Waals surface area (Å²) in [6.45, 7) is 7.56. The normalized spacial score (nSPS) is 18.6. The third kappa shape index (κ3) is 6.69. The number of nitrogens with one attached hydrogen (secondary N) is 2. The van der Waals surface area contributed by atoms with Gasteiger partial charge in [0.1, 0.15) is 23.4 Å². The van der Waals surface area contributed by atoms with Gasteiger partial charge in [-0.1, -0.05) is 23.2 Å². The van der Waals surface area contributed by atoms with Crippen LogP contribution in [0, 0.1) is 11.3 Å². The van der Waals surface area contributed by atoms with Gasteiger partial charge in [0.2, 0.25) is 5.91 Å². The van der Waals surface area contributed by atoms with Crippen LogP contribution in [-0.2, 0) is 4.79 Å². The smallest absolute Gasteiger partial charge is 0.225 e. The number of anilines is 1. The predicted octanol–water partition coefficient (Wildman–Crippen LogP) is 6.74. The number of rotatable bonds is 6. The number of fused-ring (bicyclic) bond motifs is 1. The van der Waals surface area contributed by atoms with Crippen LogP contribution < -0.4 is 15.0 Å². The first kappa shape index (κ1) is 33.5. The minimum atomic E-state index is -0.362. The molecule has 0 radical (unpaired) electrons. The van der Waals surface area contributed by atoms with E-state index in [0.717, 1.165) is 92.9 Å². The van der Waals surface area contributed by atoms with Crippen molar-refractivity contribution in [2.75, 3.05) is 44.2 Å². The first-order valence-corrected chi connectivity index (χ1v) is 15.8. The van der Waals surface area contributed by atoms with Crippen LogP contribution in [0.3, 0.4) is 0 Å². The minimum Gasteiger partial charge on any atom is -0.486 e. The molecule has 0 saturated carbocycles. The molecule has 1 atom stereocenters. The van der Waals surface area contributed by atoms with Gasteiger partial charge in [-0.05, 0) is 76.0 Å². The van der Waals surface area contributed by atoms with Crippen molar-refractivity contribution in [3.63, 3.8) is 0 Å². The number of aromatic amines is 1. The lowest BCUT2D eigenvalue weighted by Crippen LogP contribution is -2.61. The lowest BCUT2D eigenvalue weighted by Gasteiger charge is -2.54. The molecule has 1 spiro atoms. The zero-order valence-corrected chi connectivity index (χ0v) is 28.1. The summed E-state index contributed by atoms with van der Waals surface area (Å²) in [4.78, 5) is 26.3. The van der Waals surface area contributed by atoms with E-state index in [4.69, 9.17) is 32.9 Å². The largest absolute Gasteiger partial charge is 0.486 e. The van der Waals surface area contributed by atoms with Gasteiger partial charge in [0.15, 0.2) is 0 Å². The fourth-order valence-corrected chi connectivity index (χ4v) is 7.51. The highest BCUT2D eigenvalue weighted by molar-refractivity contribution is 6.35. The van der Waals surface area contributed by atoms with Crippen LogP contribution in [0.15, 0.2) is 48.9 Å². The van der Waals surface area contributed by atoms with Crippen LogP contribution in [0.25, 0.3) is 22.2 Å². The van der Waals surface area contributed by atoms with Crippen LogP contribution in [0.5, 0.6) is 5.75 Å².